The van der Waals surface area contributed by atoms with Crippen LogP contribution in [0.2, 0.25) is 0 Å². The second-order valence-electron chi connectivity index (χ2n) is 5.98. The van der Waals surface area contributed by atoms with Crippen molar-refractivity contribution in [1.82, 2.24) is 4.90 Å². The van der Waals surface area contributed by atoms with Crippen molar-refractivity contribution >= 4 is 12.1 Å². The Morgan fingerprint density at radius 2 is 2.10 bits per heavy atom. The van der Waals surface area contributed by atoms with Crippen LogP contribution in [-0.4, -0.2) is 47.8 Å². The summed E-state index contributed by atoms with van der Waals surface area (Å²) in [4.78, 5) is 13.9. The average Bonchev–Trinajstić information content (AvgIpc) is 3.38. The first kappa shape index (κ1) is 14.2. The zero-order valence-corrected chi connectivity index (χ0v) is 12.5. The van der Waals surface area contributed by atoms with Crippen molar-refractivity contribution in [2.75, 3.05) is 26.2 Å². The van der Waals surface area contributed by atoms with E-state index in [4.69, 9.17) is 0 Å². The molecule has 0 atom stereocenters. The molecule has 0 radical (unpaired) electrons. The van der Waals surface area contributed by atoms with Gasteiger partial charge in [0.25, 0.3) is 0 Å². The monoisotopic (exact) mass is 283 g/mol. The van der Waals surface area contributed by atoms with Crippen molar-refractivity contribution in [1.29, 1.82) is 0 Å². The van der Waals surface area contributed by atoms with Gasteiger partial charge in [0.15, 0.2) is 12.8 Å². The van der Waals surface area contributed by atoms with E-state index in [1.807, 2.05) is 6.21 Å². The Hall–Kier alpha value is -1.74. The second kappa shape index (κ2) is 6.35. The van der Waals surface area contributed by atoms with Crippen molar-refractivity contribution in [2.24, 2.45) is 0 Å². The first-order valence-electron chi connectivity index (χ1n) is 7.84. The summed E-state index contributed by atoms with van der Waals surface area (Å²) in [6.45, 7) is 7.14. The molecule has 1 aromatic rings. The van der Waals surface area contributed by atoms with Gasteiger partial charge in [0, 0.05) is 12.6 Å². The van der Waals surface area contributed by atoms with Gasteiger partial charge in [-0.05, 0) is 36.3 Å². The molecule has 1 heterocycles. The van der Waals surface area contributed by atoms with Crippen LogP contribution in [0.15, 0.2) is 36.9 Å². The number of benzene rings is 1. The van der Waals surface area contributed by atoms with Gasteiger partial charge in [-0.15, -0.1) is 0 Å². The molecule has 0 bridgehead atoms. The van der Waals surface area contributed by atoms with Crippen molar-refractivity contribution < 1.29 is 9.37 Å². The molecular formula is C18H23N2O+. The molecule has 1 aromatic carbocycles. The number of amides is 1. The molecule has 1 fully saturated rings. The van der Waals surface area contributed by atoms with E-state index in [1.54, 1.807) is 4.58 Å². The standard InChI is InChI=1S/C18H23N2O/c1-2-18(21)20-13-11-19(12-14-20)10-9-15-3-5-16(6-4-15)17-7-8-17/h2-6,13,17H,1,7-12,14H2/q+1. The summed E-state index contributed by atoms with van der Waals surface area (Å²) in [5, 5.41) is 0. The van der Waals surface area contributed by atoms with E-state index in [0.29, 0.717) is 0 Å². The van der Waals surface area contributed by atoms with Gasteiger partial charge in [0.05, 0.1) is 13.1 Å². The lowest BCUT2D eigenvalue weighted by Crippen LogP contribution is -2.42. The maximum atomic E-state index is 11.5. The SMILES string of the molecule is C=CC(=O)[N+]1=CCN(CCc2ccc(C3CC3)cc2)CC1. The highest BCUT2D eigenvalue weighted by Crippen LogP contribution is 2.39. The molecule has 21 heavy (non-hydrogen) atoms. The van der Waals surface area contributed by atoms with Gasteiger partial charge in [0.2, 0.25) is 0 Å². The van der Waals surface area contributed by atoms with E-state index in [2.05, 4.69) is 35.7 Å². The zero-order chi connectivity index (χ0) is 14.7. The molecule has 3 rings (SSSR count). The number of carbonyl (C=O) groups is 1. The lowest BCUT2D eigenvalue weighted by atomic mass is 10.1. The van der Waals surface area contributed by atoms with Gasteiger partial charge < -0.3 is 0 Å². The van der Waals surface area contributed by atoms with Gasteiger partial charge in [-0.25, -0.2) is 4.79 Å². The zero-order valence-electron chi connectivity index (χ0n) is 12.5. The normalized spacial score (nSPS) is 19.1. The average molecular weight is 283 g/mol. The molecule has 1 saturated carbocycles. The number of rotatable bonds is 5. The molecule has 0 aromatic heterocycles. The van der Waals surface area contributed by atoms with E-state index in [0.717, 1.165) is 38.5 Å². The number of carbonyl (C=O) groups excluding carboxylic acids is 1. The third kappa shape index (κ3) is 3.67. The van der Waals surface area contributed by atoms with E-state index >= 15 is 0 Å². The lowest BCUT2D eigenvalue weighted by molar-refractivity contribution is -0.446. The Kier molecular flexibility index (Phi) is 4.30. The van der Waals surface area contributed by atoms with Crippen molar-refractivity contribution in [3.05, 3.63) is 48.0 Å². The summed E-state index contributed by atoms with van der Waals surface area (Å²) >= 11 is 0. The Balaban J connectivity index is 1.48. The molecule has 3 nitrogen and oxygen atoms in total. The van der Waals surface area contributed by atoms with Crippen LogP contribution in [0.4, 0.5) is 0 Å². The van der Waals surface area contributed by atoms with E-state index in [-0.39, 0.29) is 5.91 Å². The van der Waals surface area contributed by atoms with E-state index < -0.39 is 0 Å². The van der Waals surface area contributed by atoms with Gasteiger partial charge in [-0.1, -0.05) is 30.8 Å². The smallest absolute Gasteiger partial charge is 0.288 e. The predicted molar refractivity (Wildman–Crippen MR) is 85.0 cm³/mol. The lowest BCUT2D eigenvalue weighted by Gasteiger charge is -2.21. The van der Waals surface area contributed by atoms with Crippen molar-refractivity contribution in [3.8, 4) is 0 Å². The second-order valence-corrected chi connectivity index (χ2v) is 5.98. The molecule has 1 aliphatic heterocycles. The van der Waals surface area contributed by atoms with Gasteiger partial charge in [-0.3, -0.25) is 4.90 Å². The van der Waals surface area contributed by atoms with E-state index in [9.17, 15) is 4.79 Å². The van der Waals surface area contributed by atoms with E-state index in [1.165, 1.54) is 30.0 Å². The van der Waals surface area contributed by atoms with Crippen molar-refractivity contribution in [3.63, 3.8) is 0 Å². The van der Waals surface area contributed by atoms with Gasteiger partial charge >= 0.3 is 5.91 Å². The molecule has 3 heteroatoms. The first-order chi connectivity index (χ1) is 10.3. The quantitative estimate of drug-likeness (QED) is 0.611. The Bertz CT molecular complexity index is 555. The molecule has 2 aliphatic rings. The molecule has 0 saturated heterocycles. The summed E-state index contributed by atoms with van der Waals surface area (Å²) < 4.78 is 1.76. The fraction of sp³-hybridized carbons (Fsp3) is 0.444. The highest BCUT2D eigenvalue weighted by molar-refractivity contribution is 5.82. The minimum atomic E-state index is 0.00492. The third-order valence-electron chi connectivity index (χ3n) is 4.42. The summed E-state index contributed by atoms with van der Waals surface area (Å²) in [6.07, 6.45) is 7.16. The van der Waals surface area contributed by atoms with Crippen LogP contribution < -0.4 is 0 Å². The highest BCUT2D eigenvalue weighted by Gasteiger charge is 2.23. The van der Waals surface area contributed by atoms with Crippen LogP contribution in [0.5, 0.6) is 0 Å². The Labute approximate surface area is 126 Å². The number of hydrogen-bond acceptors (Lipinski definition) is 2. The number of nitrogens with zero attached hydrogens (tertiary/aromatic N) is 2. The van der Waals surface area contributed by atoms with Gasteiger partial charge in [0.1, 0.15) is 0 Å². The maximum absolute atomic E-state index is 11.5. The van der Waals surface area contributed by atoms with Crippen LogP contribution in [-0.2, 0) is 11.2 Å². The fourth-order valence-corrected chi connectivity index (χ4v) is 2.83. The summed E-state index contributed by atoms with van der Waals surface area (Å²) in [6, 6.07) is 9.13. The summed E-state index contributed by atoms with van der Waals surface area (Å²) in [5.74, 6) is 0.842. The molecule has 0 spiro atoms. The fourth-order valence-electron chi connectivity index (χ4n) is 2.83. The summed E-state index contributed by atoms with van der Waals surface area (Å²) in [7, 11) is 0. The van der Waals surface area contributed by atoms with Crippen LogP contribution in [0.3, 0.4) is 0 Å². The Morgan fingerprint density at radius 3 is 2.67 bits per heavy atom. The minimum absolute atomic E-state index is 0.00492. The Morgan fingerprint density at radius 1 is 1.33 bits per heavy atom. The maximum Gasteiger partial charge on any atom is 0.411 e. The predicted octanol–water partition coefficient (Wildman–Crippen LogP) is 2.22. The van der Waals surface area contributed by atoms with Crippen LogP contribution >= 0.6 is 0 Å². The summed E-state index contributed by atoms with van der Waals surface area (Å²) in [5.41, 5.74) is 2.91. The molecular weight excluding hydrogens is 260 g/mol. The van der Waals surface area contributed by atoms with Crippen LogP contribution in [0.25, 0.3) is 0 Å². The molecule has 0 unspecified atom stereocenters. The number of hydrogen-bond donors (Lipinski definition) is 0. The molecule has 0 N–H and O–H groups in total. The highest BCUT2D eigenvalue weighted by atomic mass is 16.2. The molecule has 1 aliphatic carbocycles. The van der Waals surface area contributed by atoms with Crippen molar-refractivity contribution in [2.45, 2.75) is 25.2 Å². The van der Waals surface area contributed by atoms with Crippen LogP contribution in [0.1, 0.15) is 29.9 Å². The largest absolute Gasteiger partial charge is 0.411 e. The van der Waals surface area contributed by atoms with Crippen LogP contribution in [0, 0.1) is 0 Å². The first-order valence-corrected chi connectivity index (χ1v) is 7.84. The third-order valence-corrected chi connectivity index (χ3v) is 4.42. The molecule has 1 amide bonds. The minimum Gasteiger partial charge on any atom is -0.288 e. The topological polar surface area (TPSA) is 23.3 Å². The molecule has 110 valence electrons. The van der Waals surface area contributed by atoms with Gasteiger partial charge in [-0.2, -0.15) is 4.58 Å².